The van der Waals surface area contributed by atoms with E-state index in [-0.39, 0.29) is 10.8 Å². The molecule has 1 aliphatic carbocycles. The van der Waals surface area contributed by atoms with Gasteiger partial charge in [-0.15, -0.1) is 0 Å². The molecule has 10 nitrogen and oxygen atoms in total. The highest BCUT2D eigenvalue weighted by atomic mass is 79.9. The van der Waals surface area contributed by atoms with Crippen molar-refractivity contribution in [2.75, 3.05) is 38.1 Å². The van der Waals surface area contributed by atoms with Crippen LogP contribution in [0.1, 0.15) is 36.8 Å². The molecule has 44 heavy (non-hydrogen) atoms. The van der Waals surface area contributed by atoms with E-state index in [9.17, 15) is 23.1 Å². The van der Waals surface area contributed by atoms with Crippen LogP contribution in [0.3, 0.4) is 0 Å². The minimum Gasteiger partial charge on any atom is -0.465 e. The first-order chi connectivity index (χ1) is 21.1. The molecule has 0 atom stereocenters. The lowest BCUT2D eigenvalue weighted by Crippen LogP contribution is -2.47. The zero-order valence-electron chi connectivity index (χ0n) is 24.2. The lowest BCUT2D eigenvalue weighted by atomic mass is 9.78. The number of rotatable bonds is 5. The van der Waals surface area contributed by atoms with Crippen molar-refractivity contribution < 1.29 is 23.1 Å². The summed E-state index contributed by atoms with van der Waals surface area (Å²) in [5.41, 5.74) is 3.76. The summed E-state index contributed by atoms with van der Waals surface area (Å²) in [6, 6.07) is 16.3. The summed E-state index contributed by atoms with van der Waals surface area (Å²) in [5, 5.41) is 9.95. The van der Waals surface area contributed by atoms with E-state index in [1.165, 1.54) is 8.87 Å². The highest BCUT2D eigenvalue weighted by molar-refractivity contribution is 9.10. The fourth-order valence-electron chi connectivity index (χ4n) is 7.21. The number of hydrogen-bond donors (Lipinski definition) is 1. The van der Waals surface area contributed by atoms with Gasteiger partial charge in [0, 0.05) is 56.3 Å². The third-order valence-electron chi connectivity index (χ3n) is 9.45. The molecule has 0 bridgehead atoms. The summed E-state index contributed by atoms with van der Waals surface area (Å²) in [5.74, 6) is 0.0402. The Labute approximate surface area is 264 Å². The largest absolute Gasteiger partial charge is 0.465 e. The number of pyridine rings is 1. The van der Waals surface area contributed by atoms with Gasteiger partial charge in [-0.2, -0.15) is 0 Å². The predicted octanol–water partition coefficient (Wildman–Crippen LogP) is 5.29. The third-order valence-corrected chi connectivity index (χ3v) is 12.1. The maximum Gasteiger partial charge on any atom is 0.407 e. The Morgan fingerprint density at radius 1 is 1.00 bits per heavy atom. The molecule has 0 radical (unpaired) electrons. The van der Waals surface area contributed by atoms with Crippen LogP contribution in [0.5, 0.6) is 0 Å². The van der Waals surface area contributed by atoms with Crippen molar-refractivity contribution in [2.24, 2.45) is 0 Å². The molecule has 12 heteroatoms. The molecule has 1 saturated carbocycles. The van der Waals surface area contributed by atoms with Gasteiger partial charge in [0.2, 0.25) is 5.91 Å². The van der Waals surface area contributed by atoms with Crippen LogP contribution >= 0.6 is 15.9 Å². The molecule has 4 heterocycles. The van der Waals surface area contributed by atoms with Crippen molar-refractivity contribution in [3.63, 3.8) is 0 Å². The van der Waals surface area contributed by atoms with Crippen molar-refractivity contribution in [3.8, 4) is 11.1 Å². The molecule has 0 unspecified atom stereocenters. The molecule has 3 aliphatic rings. The number of nitrogens with zero attached hydrogens (tertiary/aromatic N) is 5. The van der Waals surface area contributed by atoms with Crippen LogP contribution in [-0.4, -0.2) is 77.5 Å². The van der Waals surface area contributed by atoms with Crippen molar-refractivity contribution in [2.45, 2.75) is 42.5 Å². The Morgan fingerprint density at radius 3 is 2.30 bits per heavy atom. The maximum absolute atomic E-state index is 14.2. The zero-order valence-corrected chi connectivity index (χ0v) is 26.6. The van der Waals surface area contributed by atoms with Crippen LogP contribution < -0.4 is 4.90 Å². The van der Waals surface area contributed by atoms with Gasteiger partial charge in [-0.3, -0.25) is 9.69 Å². The van der Waals surface area contributed by atoms with Crippen molar-refractivity contribution in [1.82, 2.24) is 18.8 Å². The Balaban J connectivity index is 1.38. The number of hydrogen-bond acceptors (Lipinski definition) is 6. The van der Waals surface area contributed by atoms with Crippen LogP contribution in [0.2, 0.25) is 0 Å². The van der Waals surface area contributed by atoms with Gasteiger partial charge in [0.25, 0.3) is 10.0 Å². The second-order valence-corrected chi connectivity index (χ2v) is 14.4. The second-order valence-electron chi connectivity index (χ2n) is 11.9. The molecular weight excluding hydrogens is 646 g/mol. The first kappa shape index (κ1) is 29.0. The number of benzene rings is 2. The van der Waals surface area contributed by atoms with E-state index in [0.29, 0.717) is 66.8 Å². The van der Waals surface area contributed by atoms with Gasteiger partial charge in [0.1, 0.15) is 4.60 Å². The van der Waals surface area contributed by atoms with E-state index < -0.39 is 21.5 Å². The number of amides is 2. The van der Waals surface area contributed by atoms with Crippen molar-refractivity contribution >= 4 is 54.7 Å². The minimum absolute atomic E-state index is 0.0402. The van der Waals surface area contributed by atoms with E-state index in [0.717, 1.165) is 35.2 Å². The standard InChI is InChI=1S/C32H32BrN5O5S/c1-35-24-19-34-29-26(27(24)32(30(35)39)13-5-6-14-32)25(28(33)38(29)44(42,43)23-7-3-2-4-8-23)22-11-9-21(10-12-22)20-36-15-17-37(18-16-36)31(40)41/h2-4,7-12,19H,5-6,13-18,20H2,1H3,(H,40,41). The molecule has 2 amide bonds. The first-order valence-corrected chi connectivity index (χ1v) is 17.0. The molecule has 2 fully saturated rings. The fourth-order valence-corrected chi connectivity index (χ4v) is 9.76. The number of piperazine rings is 1. The van der Waals surface area contributed by atoms with Gasteiger partial charge in [0.15, 0.2) is 5.65 Å². The fraction of sp³-hybridized carbons (Fsp3) is 0.344. The quantitative estimate of drug-likeness (QED) is 0.305. The number of anilines is 1. The van der Waals surface area contributed by atoms with Crippen molar-refractivity contribution in [1.29, 1.82) is 0 Å². The van der Waals surface area contributed by atoms with Crippen molar-refractivity contribution in [3.05, 3.63) is 76.5 Å². The topological polar surface area (TPSA) is 116 Å². The number of carboxylic acid groups (broad SMARTS) is 1. The monoisotopic (exact) mass is 677 g/mol. The second kappa shape index (κ2) is 10.7. The Bertz CT molecular complexity index is 1890. The smallest absolute Gasteiger partial charge is 0.407 e. The van der Waals surface area contributed by atoms with E-state index in [1.54, 1.807) is 48.5 Å². The average Bonchev–Trinajstić information content (AvgIpc) is 3.69. The normalized spacial score (nSPS) is 18.5. The summed E-state index contributed by atoms with van der Waals surface area (Å²) in [7, 11) is -2.27. The van der Waals surface area contributed by atoms with E-state index >= 15 is 0 Å². The van der Waals surface area contributed by atoms with Gasteiger partial charge in [-0.1, -0.05) is 55.3 Å². The molecule has 1 spiro atoms. The number of carbonyl (C=O) groups excluding carboxylic acids is 1. The molecule has 2 aromatic heterocycles. The van der Waals surface area contributed by atoms with E-state index in [1.807, 2.05) is 24.3 Å². The SMILES string of the molecule is CN1C(=O)C2(CCCC2)c2c1cnc1c2c(-c2ccc(CN3CCN(C(=O)O)CC3)cc2)c(Br)n1S(=O)(=O)c1ccccc1. The highest BCUT2D eigenvalue weighted by Crippen LogP contribution is 2.56. The summed E-state index contributed by atoms with van der Waals surface area (Å²) >= 11 is 3.70. The molecule has 2 aliphatic heterocycles. The molecule has 4 aromatic rings. The first-order valence-electron chi connectivity index (χ1n) is 14.8. The highest BCUT2D eigenvalue weighted by Gasteiger charge is 2.53. The van der Waals surface area contributed by atoms with Gasteiger partial charge in [0.05, 0.1) is 22.2 Å². The van der Waals surface area contributed by atoms with Crippen LogP contribution in [-0.2, 0) is 26.8 Å². The molecule has 2 aromatic carbocycles. The lowest BCUT2D eigenvalue weighted by Gasteiger charge is -2.33. The molecule has 7 rings (SSSR count). The number of carbonyl (C=O) groups is 2. The van der Waals surface area contributed by atoms with Crippen LogP contribution in [0, 0.1) is 0 Å². The summed E-state index contributed by atoms with van der Waals surface area (Å²) in [6.45, 7) is 2.95. The number of likely N-dealkylation sites (N-methyl/N-ethyl adjacent to an activating group) is 1. The Hall–Kier alpha value is -3.74. The van der Waals surface area contributed by atoms with E-state index in [4.69, 9.17) is 4.98 Å². The Morgan fingerprint density at radius 2 is 1.66 bits per heavy atom. The van der Waals surface area contributed by atoms with Gasteiger partial charge < -0.3 is 14.9 Å². The van der Waals surface area contributed by atoms with Crippen LogP contribution in [0.15, 0.2) is 70.3 Å². The molecule has 228 valence electrons. The maximum atomic E-state index is 14.2. The zero-order chi connectivity index (χ0) is 30.8. The minimum atomic E-state index is -4.04. The summed E-state index contributed by atoms with van der Waals surface area (Å²) in [4.78, 5) is 35.3. The molecular formula is C32H32BrN5O5S. The van der Waals surface area contributed by atoms with Gasteiger partial charge in [-0.05, 0) is 52.0 Å². The number of halogens is 1. The summed E-state index contributed by atoms with van der Waals surface area (Å²) < 4.78 is 30.0. The summed E-state index contributed by atoms with van der Waals surface area (Å²) in [6.07, 6.45) is 4.04. The predicted molar refractivity (Wildman–Crippen MR) is 170 cm³/mol. The third kappa shape index (κ3) is 4.37. The molecule has 1 saturated heterocycles. The Kier molecular flexibility index (Phi) is 7.06. The van der Waals surface area contributed by atoms with Crippen LogP contribution in [0.25, 0.3) is 22.2 Å². The van der Waals surface area contributed by atoms with E-state index in [2.05, 4.69) is 20.8 Å². The van der Waals surface area contributed by atoms with Crippen LogP contribution in [0.4, 0.5) is 10.5 Å². The average molecular weight is 679 g/mol. The number of aromatic nitrogens is 2. The van der Waals surface area contributed by atoms with Gasteiger partial charge >= 0.3 is 6.09 Å². The molecule has 1 N–H and O–H groups in total. The number of fused-ring (bicyclic) bond motifs is 4. The lowest BCUT2D eigenvalue weighted by molar-refractivity contribution is -0.122. The van der Waals surface area contributed by atoms with Gasteiger partial charge in [-0.25, -0.2) is 22.2 Å².